The lowest BCUT2D eigenvalue weighted by atomic mass is 9.91. The number of rotatable bonds is 8. The van der Waals surface area contributed by atoms with Gasteiger partial charge in [0.1, 0.15) is 5.03 Å². The highest BCUT2D eigenvalue weighted by molar-refractivity contribution is 7.99. The summed E-state index contributed by atoms with van der Waals surface area (Å²) < 4.78 is 0. The first-order valence-corrected chi connectivity index (χ1v) is 12.8. The van der Waals surface area contributed by atoms with Crippen molar-refractivity contribution in [3.05, 3.63) is 53.2 Å². The molecule has 2 heterocycles. The number of benzene rings is 1. The minimum atomic E-state index is -0.0440. The van der Waals surface area contributed by atoms with Gasteiger partial charge in [-0.1, -0.05) is 31.7 Å². The number of amides is 2. The number of nitrogens with zero attached hydrogens (tertiary/aromatic N) is 3. The van der Waals surface area contributed by atoms with Gasteiger partial charge < -0.3 is 15.1 Å². The Hall–Kier alpha value is -2.38. The molecule has 0 atom stereocenters. The summed E-state index contributed by atoms with van der Waals surface area (Å²) in [5.41, 5.74) is 3.10. The molecule has 34 heavy (non-hydrogen) atoms. The minimum Gasteiger partial charge on any atom is -0.355 e. The number of nitrogens with one attached hydrogen (secondary N) is 1. The van der Waals surface area contributed by atoms with Crippen LogP contribution in [0.2, 0.25) is 0 Å². The summed E-state index contributed by atoms with van der Waals surface area (Å²) in [4.78, 5) is 35.7. The summed E-state index contributed by atoms with van der Waals surface area (Å²) in [6.07, 6.45) is 3.10. The van der Waals surface area contributed by atoms with Crippen LogP contribution in [0.5, 0.6) is 0 Å². The van der Waals surface area contributed by atoms with Crippen molar-refractivity contribution < 1.29 is 9.59 Å². The SMILES string of the molecule is Cc1ccc(Sc2ncccc2C(=O)N2CCC(C(=O)NCC(C)(C)CN(C)C)CC2)cc1C. The summed E-state index contributed by atoms with van der Waals surface area (Å²) >= 11 is 1.52. The highest BCUT2D eigenvalue weighted by Gasteiger charge is 2.30. The van der Waals surface area contributed by atoms with Crippen LogP contribution < -0.4 is 5.32 Å². The summed E-state index contributed by atoms with van der Waals surface area (Å²) in [7, 11) is 4.09. The van der Waals surface area contributed by atoms with Crippen LogP contribution in [0.3, 0.4) is 0 Å². The monoisotopic (exact) mass is 482 g/mol. The van der Waals surface area contributed by atoms with E-state index in [0.29, 0.717) is 38.0 Å². The van der Waals surface area contributed by atoms with E-state index in [9.17, 15) is 9.59 Å². The molecular formula is C27H38N4O2S. The van der Waals surface area contributed by atoms with E-state index in [1.807, 2.05) is 31.1 Å². The Morgan fingerprint density at radius 1 is 1.15 bits per heavy atom. The highest BCUT2D eigenvalue weighted by Crippen LogP contribution is 2.31. The quantitative estimate of drug-likeness (QED) is 0.604. The van der Waals surface area contributed by atoms with Crippen molar-refractivity contribution in [2.24, 2.45) is 11.3 Å². The molecule has 7 heteroatoms. The van der Waals surface area contributed by atoms with Gasteiger partial charge in [0.05, 0.1) is 5.56 Å². The third-order valence-electron chi connectivity index (χ3n) is 6.33. The maximum Gasteiger partial charge on any atom is 0.256 e. The Balaban J connectivity index is 1.58. The first-order valence-electron chi connectivity index (χ1n) is 12.0. The molecule has 2 amide bonds. The molecule has 1 saturated heterocycles. The zero-order valence-electron chi connectivity index (χ0n) is 21.4. The molecule has 6 nitrogen and oxygen atoms in total. The van der Waals surface area contributed by atoms with Gasteiger partial charge in [-0.25, -0.2) is 4.98 Å². The Kier molecular flexibility index (Phi) is 8.77. The number of carbonyl (C=O) groups excluding carboxylic acids is 2. The predicted octanol–water partition coefficient (Wildman–Crippen LogP) is 4.41. The van der Waals surface area contributed by atoms with Gasteiger partial charge in [-0.3, -0.25) is 9.59 Å². The van der Waals surface area contributed by atoms with Crippen LogP contribution >= 0.6 is 11.8 Å². The van der Waals surface area contributed by atoms with Gasteiger partial charge in [0.25, 0.3) is 5.91 Å². The highest BCUT2D eigenvalue weighted by atomic mass is 32.2. The summed E-state index contributed by atoms with van der Waals surface area (Å²) in [6, 6.07) is 9.96. The van der Waals surface area contributed by atoms with Crippen molar-refractivity contribution in [2.75, 3.05) is 40.3 Å². The standard InChI is InChI=1S/C27H38N4O2S/c1-19-9-10-22(16-20(19)2)34-25-23(8-7-13-28-25)26(33)31-14-11-21(12-15-31)24(32)29-17-27(3,4)18-30(5)6/h7-10,13,16,21H,11-12,14-15,17-18H2,1-6H3,(H,29,32). The van der Waals surface area contributed by atoms with Crippen molar-refractivity contribution in [3.63, 3.8) is 0 Å². The average Bonchev–Trinajstić information content (AvgIpc) is 2.79. The van der Waals surface area contributed by atoms with Crippen LogP contribution in [0, 0.1) is 25.2 Å². The van der Waals surface area contributed by atoms with Gasteiger partial charge in [-0.05, 0) is 81.6 Å². The second-order valence-corrected chi connectivity index (χ2v) is 11.5. The van der Waals surface area contributed by atoms with Crippen molar-refractivity contribution in [2.45, 2.75) is 50.5 Å². The lowest BCUT2D eigenvalue weighted by Gasteiger charge is -2.33. The molecule has 1 aromatic carbocycles. The first kappa shape index (κ1) is 26.2. The van der Waals surface area contributed by atoms with E-state index in [-0.39, 0.29) is 23.1 Å². The second-order valence-electron chi connectivity index (χ2n) is 10.4. The van der Waals surface area contributed by atoms with E-state index in [1.165, 1.54) is 22.9 Å². The minimum absolute atomic E-state index is 0.00888. The third kappa shape index (κ3) is 7.06. The van der Waals surface area contributed by atoms with E-state index in [1.54, 1.807) is 6.20 Å². The fourth-order valence-electron chi connectivity index (χ4n) is 4.42. The average molecular weight is 483 g/mol. The lowest BCUT2D eigenvalue weighted by molar-refractivity contribution is -0.126. The van der Waals surface area contributed by atoms with Crippen molar-refractivity contribution in [1.29, 1.82) is 0 Å². The molecule has 0 radical (unpaired) electrons. The first-order chi connectivity index (χ1) is 16.1. The van der Waals surface area contributed by atoms with Crippen LogP contribution in [0.15, 0.2) is 46.5 Å². The number of aryl methyl sites for hydroxylation is 2. The summed E-state index contributed by atoms with van der Waals surface area (Å²) in [5, 5.41) is 3.86. The Bertz CT molecular complexity index is 1010. The number of aromatic nitrogens is 1. The number of hydrogen-bond acceptors (Lipinski definition) is 5. The molecule has 0 unspecified atom stereocenters. The van der Waals surface area contributed by atoms with E-state index in [4.69, 9.17) is 0 Å². The number of pyridine rings is 1. The summed E-state index contributed by atoms with van der Waals surface area (Å²) in [6.45, 7) is 11.2. The normalized spacial score (nSPS) is 15.0. The fraction of sp³-hybridized carbons (Fsp3) is 0.519. The molecule has 1 N–H and O–H groups in total. The van der Waals surface area contributed by atoms with Crippen molar-refractivity contribution >= 4 is 23.6 Å². The van der Waals surface area contributed by atoms with E-state index >= 15 is 0 Å². The van der Waals surface area contributed by atoms with Gasteiger partial charge in [0, 0.05) is 43.2 Å². The number of piperidine rings is 1. The molecule has 1 aromatic heterocycles. The Labute approximate surface area is 208 Å². The van der Waals surface area contributed by atoms with Gasteiger partial charge >= 0.3 is 0 Å². The van der Waals surface area contributed by atoms with Crippen molar-refractivity contribution in [1.82, 2.24) is 20.1 Å². The van der Waals surface area contributed by atoms with Crippen LogP contribution in [0.1, 0.15) is 48.2 Å². The molecule has 1 fully saturated rings. The van der Waals surface area contributed by atoms with Crippen LogP contribution in [0.4, 0.5) is 0 Å². The van der Waals surface area contributed by atoms with Gasteiger partial charge in [0.15, 0.2) is 0 Å². The van der Waals surface area contributed by atoms with E-state index in [2.05, 4.69) is 61.1 Å². The molecule has 2 aromatic rings. The van der Waals surface area contributed by atoms with Crippen LogP contribution in [-0.4, -0.2) is 66.9 Å². The van der Waals surface area contributed by atoms with Crippen molar-refractivity contribution in [3.8, 4) is 0 Å². The zero-order valence-corrected chi connectivity index (χ0v) is 22.2. The second kappa shape index (κ2) is 11.4. The topological polar surface area (TPSA) is 65.5 Å². The van der Waals surface area contributed by atoms with Gasteiger partial charge in [0.2, 0.25) is 5.91 Å². The fourth-order valence-corrected chi connectivity index (χ4v) is 5.40. The zero-order chi connectivity index (χ0) is 24.9. The number of hydrogen-bond donors (Lipinski definition) is 1. The van der Waals surface area contributed by atoms with E-state index in [0.717, 1.165) is 16.5 Å². The largest absolute Gasteiger partial charge is 0.355 e. The number of likely N-dealkylation sites (tertiary alicyclic amines) is 1. The Morgan fingerprint density at radius 2 is 1.85 bits per heavy atom. The molecular weight excluding hydrogens is 444 g/mol. The summed E-state index contributed by atoms with van der Waals surface area (Å²) in [5.74, 6) is 0.0502. The molecule has 1 aliphatic rings. The molecule has 184 valence electrons. The molecule has 3 rings (SSSR count). The van der Waals surface area contributed by atoms with Gasteiger partial charge in [-0.2, -0.15) is 0 Å². The number of carbonyl (C=O) groups is 2. The molecule has 0 aliphatic carbocycles. The lowest BCUT2D eigenvalue weighted by Crippen LogP contribution is -2.46. The van der Waals surface area contributed by atoms with Crippen LogP contribution in [0.25, 0.3) is 0 Å². The third-order valence-corrected chi connectivity index (χ3v) is 7.34. The van der Waals surface area contributed by atoms with Gasteiger partial charge in [-0.15, -0.1) is 0 Å². The molecule has 0 spiro atoms. The maximum atomic E-state index is 13.3. The predicted molar refractivity (Wildman–Crippen MR) is 138 cm³/mol. The molecule has 0 saturated carbocycles. The smallest absolute Gasteiger partial charge is 0.256 e. The molecule has 1 aliphatic heterocycles. The van der Waals surface area contributed by atoms with Crippen LogP contribution in [-0.2, 0) is 4.79 Å². The van der Waals surface area contributed by atoms with E-state index < -0.39 is 0 Å². The maximum absolute atomic E-state index is 13.3. The Morgan fingerprint density at radius 3 is 2.50 bits per heavy atom. The molecule has 0 bridgehead atoms.